The van der Waals surface area contributed by atoms with Gasteiger partial charge in [0.15, 0.2) is 5.11 Å². The minimum atomic E-state index is 0.512. The molecule has 2 nitrogen and oxygen atoms in total. The van der Waals surface area contributed by atoms with Crippen molar-refractivity contribution in [1.82, 2.24) is 10.6 Å². The van der Waals surface area contributed by atoms with Gasteiger partial charge in [-0.2, -0.15) is 0 Å². The Morgan fingerprint density at radius 3 is 2.44 bits per heavy atom. The van der Waals surface area contributed by atoms with Crippen LogP contribution in [-0.4, -0.2) is 17.7 Å². The van der Waals surface area contributed by atoms with Crippen LogP contribution in [0.2, 0.25) is 0 Å². The van der Waals surface area contributed by atoms with Gasteiger partial charge in [0.1, 0.15) is 0 Å². The maximum Gasteiger partial charge on any atom is 0.166 e. The van der Waals surface area contributed by atoms with E-state index in [-0.39, 0.29) is 0 Å². The molecule has 2 saturated carbocycles. The molecule has 3 heteroatoms. The Hall–Kier alpha value is -0.310. The average molecular weight is 240 g/mol. The van der Waals surface area contributed by atoms with E-state index < -0.39 is 0 Å². The van der Waals surface area contributed by atoms with Gasteiger partial charge in [0.25, 0.3) is 0 Å². The number of nitrogens with one attached hydrogen (secondary N) is 2. The lowest BCUT2D eigenvalue weighted by molar-refractivity contribution is 0.165. The monoisotopic (exact) mass is 240 g/mol. The van der Waals surface area contributed by atoms with Gasteiger partial charge < -0.3 is 10.6 Å². The Balaban J connectivity index is 1.63. The van der Waals surface area contributed by atoms with Crippen molar-refractivity contribution in [2.75, 3.05) is 6.54 Å². The minimum Gasteiger partial charge on any atom is -0.362 e. The molecule has 92 valence electrons. The highest BCUT2D eigenvalue weighted by atomic mass is 32.1. The van der Waals surface area contributed by atoms with Crippen LogP contribution in [0.5, 0.6) is 0 Å². The van der Waals surface area contributed by atoms with Gasteiger partial charge in [0.05, 0.1) is 0 Å². The first-order valence-electron chi connectivity index (χ1n) is 6.72. The third-order valence-electron chi connectivity index (χ3n) is 4.18. The third kappa shape index (κ3) is 3.34. The van der Waals surface area contributed by atoms with Crippen LogP contribution in [0.1, 0.15) is 58.3 Å². The number of thiocarbonyl (C=S) groups is 1. The molecule has 0 aromatic carbocycles. The van der Waals surface area contributed by atoms with Crippen LogP contribution in [-0.2, 0) is 0 Å². The largest absolute Gasteiger partial charge is 0.362 e. The molecule has 0 saturated heterocycles. The van der Waals surface area contributed by atoms with E-state index in [0.717, 1.165) is 11.7 Å². The van der Waals surface area contributed by atoms with Crippen LogP contribution in [0.3, 0.4) is 0 Å². The fourth-order valence-electron chi connectivity index (χ4n) is 2.73. The van der Waals surface area contributed by atoms with Crippen molar-refractivity contribution in [2.24, 2.45) is 5.41 Å². The third-order valence-corrected chi connectivity index (χ3v) is 4.44. The Morgan fingerprint density at radius 2 is 1.88 bits per heavy atom. The van der Waals surface area contributed by atoms with E-state index in [9.17, 15) is 0 Å². The lowest BCUT2D eigenvalue weighted by Crippen LogP contribution is -2.47. The van der Waals surface area contributed by atoms with Crippen molar-refractivity contribution >= 4 is 17.3 Å². The van der Waals surface area contributed by atoms with E-state index in [1.165, 1.54) is 51.4 Å². The summed E-state index contributed by atoms with van der Waals surface area (Å²) in [6.45, 7) is 3.40. The van der Waals surface area contributed by atoms with E-state index >= 15 is 0 Å². The van der Waals surface area contributed by atoms with Crippen LogP contribution in [0, 0.1) is 5.41 Å². The van der Waals surface area contributed by atoms with E-state index in [4.69, 9.17) is 12.2 Å². The van der Waals surface area contributed by atoms with Gasteiger partial charge in [-0.1, -0.05) is 32.6 Å². The molecule has 0 aliphatic heterocycles. The molecular weight excluding hydrogens is 216 g/mol. The summed E-state index contributed by atoms with van der Waals surface area (Å²) >= 11 is 5.35. The molecule has 0 radical (unpaired) electrons. The summed E-state index contributed by atoms with van der Waals surface area (Å²) in [7, 11) is 0. The van der Waals surface area contributed by atoms with Crippen molar-refractivity contribution in [3.8, 4) is 0 Å². The second kappa shape index (κ2) is 5.35. The quantitative estimate of drug-likeness (QED) is 0.742. The lowest BCUT2D eigenvalue weighted by Gasteiger charge is -2.39. The highest BCUT2D eigenvalue weighted by Crippen LogP contribution is 2.39. The molecule has 2 rings (SSSR count). The number of rotatable bonds is 3. The molecule has 0 aromatic rings. The SMILES string of the molecule is CC1(CNC(=S)NC2CCCCC2)CCC1. The predicted molar refractivity (Wildman–Crippen MR) is 72.6 cm³/mol. The van der Waals surface area contributed by atoms with E-state index in [2.05, 4.69) is 17.6 Å². The summed E-state index contributed by atoms with van der Waals surface area (Å²) in [4.78, 5) is 0. The smallest absolute Gasteiger partial charge is 0.166 e. The van der Waals surface area contributed by atoms with Crippen molar-refractivity contribution in [3.63, 3.8) is 0 Å². The van der Waals surface area contributed by atoms with Gasteiger partial charge in [-0.15, -0.1) is 0 Å². The average Bonchev–Trinajstić information content (AvgIpc) is 2.25. The first-order valence-corrected chi connectivity index (χ1v) is 7.13. The van der Waals surface area contributed by atoms with Crippen LogP contribution in [0.4, 0.5) is 0 Å². The maximum atomic E-state index is 5.35. The maximum absolute atomic E-state index is 5.35. The number of hydrogen-bond acceptors (Lipinski definition) is 1. The summed E-state index contributed by atoms with van der Waals surface area (Å²) in [5.41, 5.74) is 0.512. The second-order valence-corrected chi connectivity index (χ2v) is 6.23. The zero-order valence-corrected chi connectivity index (χ0v) is 11.2. The molecule has 0 unspecified atom stereocenters. The van der Waals surface area contributed by atoms with Crippen LogP contribution >= 0.6 is 12.2 Å². The fourth-order valence-corrected chi connectivity index (χ4v) is 2.97. The predicted octanol–water partition coefficient (Wildman–Crippen LogP) is 2.97. The van der Waals surface area contributed by atoms with Crippen LogP contribution in [0.25, 0.3) is 0 Å². The molecule has 2 aliphatic rings. The second-order valence-electron chi connectivity index (χ2n) is 5.83. The first kappa shape index (κ1) is 12.2. The summed E-state index contributed by atoms with van der Waals surface area (Å²) in [6.07, 6.45) is 10.8. The van der Waals surface area contributed by atoms with E-state index in [1.807, 2.05) is 0 Å². The Kier molecular flexibility index (Phi) is 4.06. The molecule has 0 atom stereocenters. The van der Waals surface area contributed by atoms with Gasteiger partial charge >= 0.3 is 0 Å². The van der Waals surface area contributed by atoms with Gasteiger partial charge in [-0.3, -0.25) is 0 Å². The van der Waals surface area contributed by atoms with Crippen LogP contribution in [0.15, 0.2) is 0 Å². The molecule has 2 aliphatic carbocycles. The van der Waals surface area contributed by atoms with Gasteiger partial charge in [0, 0.05) is 12.6 Å². The molecule has 2 fully saturated rings. The summed E-state index contributed by atoms with van der Waals surface area (Å²) < 4.78 is 0. The molecular formula is C13H24N2S. The molecule has 0 bridgehead atoms. The zero-order chi connectivity index (χ0) is 11.4. The Morgan fingerprint density at radius 1 is 1.19 bits per heavy atom. The Labute approximate surface area is 105 Å². The molecule has 2 N–H and O–H groups in total. The topological polar surface area (TPSA) is 24.1 Å². The number of hydrogen-bond donors (Lipinski definition) is 2. The zero-order valence-electron chi connectivity index (χ0n) is 10.3. The highest BCUT2D eigenvalue weighted by molar-refractivity contribution is 7.80. The normalized spacial score (nSPS) is 24.6. The fraction of sp³-hybridized carbons (Fsp3) is 0.923. The van der Waals surface area contributed by atoms with Crippen LogP contribution < -0.4 is 10.6 Å². The molecule has 0 amide bonds. The minimum absolute atomic E-state index is 0.512. The van der Waals surface area contributed by atoms with Crippen molar-refractivity contribution in [2.45, 2.75) is 64.3 Å². The Bertz CT molecular complexity index is 242. The molecule has 0 heterocycles. The van der Waals surface area contributed by atoms with Gasteiger partial charge in [0.2, 0.25) is 0 Å². The van der Waals surface area contributed by atoms with Crippen molar-refractivity contribution in [1.29, 1.82) is 0 Å². The van der Waals surface area contributed by atoms with E-state index in [1.54, 1.807) is 0 Å². The lowest BCUT2D eigenvalue weighted by atomic mass is 9.70. The van der Waals surface area contributed by atoms with Crippen molar-refractivity contribution < 1.29 is 0 Å². The van der Waals surface area contributed by atoms with E-state index in [0.29, 0.717) is 11.5 Å². The van der Waals surface area contributed by atoms with Crippen molar-refractivity contribution in [3.05, 3.63) is 0 Å². The first-order chi connectivity index (χ1) is 7.68. The summed E-state index contributed by atoms with van der Waals surface area (Å²) in [6, 6.07) is 0.628. The molecule has 0 aromatic heterocycles. The van der Waals surface area contributed by atoms with Gasteiger partial charge in [-0.05, 0) is 43.3 Å². The standard InChI is InChI=1S/C13H24N2S/c1-13(8-5-9-13)10-14-12(16)15-11-6-3-2-4-7-11/h11H,2-10H2,1H3,(H2,14,15,16). The molecule has 16 heavy (non-hydrogen) atoms. The highest BCUT2D eigenvalue weighted by Gasteiger charge is 2.31. The van der Waals surface area contributed by atoms with Gasteiger partial charge in [-0.25, -0.2) is 0 Å². The summed E-state index contributed by atoms with van der Waals surface area (Å²) in [5.74, 6) is 0. The summed E-state index contributed by atoms with van der Waals surface area (Å²) in [5, 5.41) is 7.73. The molecule has 0 spiro atoms.